The van der Waals surface area contributed by atoms with Crippen molar-refractivity contribution >= 4 is 17.4 Å². The molecule has 3 aromatic heterocycles. The zero-order chi connectivity index (χ0) is 17.2. The molecule has 1 N–H and O–H groups in total. The molecule has 0 saturated carbocycles. The summed E-state index contributed by atoms with van der Waals surface area (Å²) in [6.45, 7) is 4.34. The maximum absolute atomic E-state index is 4.68. The second kappa shape index (κ2) is 7.17. The summed E-state index contributed by atoms with van der Waals surface area (Å²) < 4.78 is 4.23. The van der Waals surface area contributed by atoms with Crippen molar-refractivity contribution in [1.29, 1.82) is 0 Å². The number of nitrogens with one attached hydrogen (secondary N) is 1. The molecule has 7 heteroatoms. The first kappa shape index (κ1) is 16.6. The van der Waals surface area contributed by atoms with E-state index in [4.69, 9.17) is 0 Å². The molecule has 0 unspecified atom stereocenters. The van der Waals surface area contributed by atoms with Crippen LogP contribution >= 0.6 is 11.8 Å². The van der Waals surface area contributed by atoms with Crippen molar-refractivity contribution in [3.63, 3.8) is 0 Å². The average molecular weight is 356 g/mol. The molecule has 4 rings (SSSR count). The standard InChI is InChI=1S/C18H24N6S/c1-13-3-4-16-20-15(11-24(16)10-13)12-25-18-22-21-17(23(18)2)9-14-5-7-19-8-6-14/h3-4,10-11,14,19H,5-9,12H2,1-2H3. The Balaban J connectivity index is 1.41. The molecule has 4 heterocycles. The summed E-state index contributed by atoms with van der Waals surface area (Å²) in [6, 6.07) is 4.15. The highest BCUT2D eigenvalue weighted by Gasteiger charge is 2.18. The minimum Gasteiger partial charge on any atom is -0.317 e. The van der Waals surface area contributed by atoms with Crippen molar-refractivity contribution in [2.24, 2.45) is 13.0 Å². The van der Waals surface area contributed by atoms with E-state index in [1.54, 1.807) is 11.8 Å². The number of piperidine rings is 1. The fourth-order valence-corrected chi connectivity index (χ4v) is 4.17. The molecule has 0 bridgehead atoms. The van der Waals surface area contributed by atoms with Crippen molar-refractivity contribution in [3.05, 3.63) is 41.6 Å². The van der Waals surface area contributed by atoms with Crippen LogP contribution in [0.15, 0.2) is 29.7 Å². The van der Waals surface area contributed by atoms with Crippen molar-refractivity contribution in [2.75, 3.05) is 13.1 Å². The first-order valence-corrected chi connectivity index (χ1v) is 9.83. The Hall–Kier alpha value is -1.86. The number of pyridine rings is 1. The fourth-order valence-electron chi connectivity index (χ4n) is 3.36. The zero-order valence-electron chi connectivity index (χ0n) is 14.8. The molecule has 1 aliphatic rings. The van der Waals surface area contributed by atoms with Crippen molar-refractivity contribution in [3.8, 4) is 0 Å². The fraction of sp³-hybridized carbons (Fsp3) is 0.500. The molecule has 0 spiro atoms. The lowest BCUT2D eigenvalue weighted by Gasteiger charge is -2.21. The lowest BCUT2D eigenvalue weighted by molar-refractivity contribution is 0.363. The van der Waals surface area contributed by atoms with Gasteiger partial charge in [-0.2, -0.15) is 0 Å². The van der Waals surface area contributed by atoms with Crippen LogP contribution in [0.3, 0.4) is 0 Å². The number of aromatic nitrogens is 5. The van der Waals surface area contributed by atoms with Crippen LogP contribution in [0.5, 0.6) is 0 Å². The minimum absolute atomic E-state index is 0.726. The highest BCUT2D eigenvalue weighted by atomic mass is 32.2. The molecule has 1 saturated heterocycles. The van der Waals surface area contributed by atoms with Crippen LogP contribution in [0.4, 0.5) is 0 Å². The summed E-state index contributed by atoms with van der Waals surface area (Å²) in [7, 11) is 2.08. The molecule has 1 aliphatic heterocycles. The Morgan fingerprint density at radius 2 is 2.04 bits per heavy atom. The summed E-state index contributed by atoms with van der Waals surface area (Å²) in [6.07, 6.45) is 7.70. The van der Waals surface area contributed by atoms with E-state index in [9.17, 15) is 0 Å². The van der Waals surface area contributed by atoms with Crippen LogP contribution in [0.2, 0.25) is 0 Å². The van der Waals surface area contributed by atoms with Crippen LogP contribution < -0.4 is 5.32 Å². The van der Waals surface area contributed by atoms with Gasteiger partial charge in [0.1, 0.15) is 11.5 Å². The predicted molar refractivity (Wildman–Crippen MR) is 99.8 cm³/mol. The zero-order valence-corrected chi connectivity index (χ0v) is 15.6. The molecule has 25 heavy (non-hydrogen) atoms. The van der Waals surface area contributed by atoms with E-state index < -0.39 is 0 Å². The Kier molecular flexibility index (Phi) is 4.76. The van der Waals surface area contributed by atoms with Crippen molar-refractivity contribution < 1.29 is 0 Å². The van der Waals surface area contributed by atoms with Gasteiger partial charge in [-0.3, -0.25) is 0 Å². The minimum atomic E-state index is 0.726. The van der Waals surface area contributed by atoms with E-state index >= 15 is 0 Å². The second-order valence-electron chi connectivity index (χ2n) is 6.85. The number of imidazole rings is 1. The van der Waals surface area contributed by atoms with E-state index in [1.807, 2.05) is 0 Å². The van der Waals surface area contributed by atoms with Gasteiger partial charge in [-0.05, 0) is 50.4 Å². The predicted octanol–water partition coefficient (Wildman–Crippen LogP) is 2.61. The molecule has 1 fully saturated rings. The third-order valence-electron chi connectivity index (χ3n) is 4.85. The molecular weight excluding hydrogens is 332 g/mol. The summed E-state index contributed by atoms with van der Waals surface area (Å²) in [5.41, 5.74) is 3.30. The molecular formula is C18H24N6S. The lowest BCUT2D eigenvalue weighted by Crippen LogP contribution is -2.29. The van der Waals surface area contributed by atoms with Gasteiger partial charge in [0.25, 0.3) is 0 Å². The van der Waals surface area contributed by atoms with Crippen molar-refractivity contribution in [2.45, 2.75) is 37.1 Å². The highest BCUT2D eigenvalue weighted by Crippen LogP contribution is 2.23. The second-order valence-corrected chi connectivity index (χ2v) is 7.79. The highest BCUT2D eigenvalue weighted by molar-refractivity contribution is 7.98. The average Bonchev–Trinajstić information content (AvgIpc) is 3.17. The number of nitrogens with zero attached hydrogens (tertiary/aromatic N) is 5. The van der Waals surface area contributed by atoms with Gasteiger partial charge in [0.15, 0.2) is 5.16 Å². The molecule has 0 aromatic carbocycles. The quantitative estimate of drug-likeness (QED) is 0.712. The van der Waals surface area contributed by atoms with Gasteiger partial charge in [-0.1, -0.05) is 17.8 Å². The number of thioether (sulfide) groups is 1. The molecule has 0 radical (unpaired) electrons. The van der Waals surface area contributed by atoms with Crippen molar-refractivity contribution in [1.82, 2.24) is 29.5 Å². The van der Waals surface area contributed by atoms with Crippen LogP contribution in [0.1, 0.15) is 29.9 Å². The van der Waals surface area contributed by atoms with Crippen LogP contribution in [-0.2, 0) is 19.2 Å². The van der Waals surface area contributed by atoms with E-state index in [2.05, 4.69) is 68.0 Å². The maximum Gasteiger partial charge on any atom is 0.191 e. The van der Waals surface area contributed by atoms with E-state index in [-0.39, 0.29) is 0 Å². The Labute approximate surface area is 152 Å². The van der Waals surface area contributed by atoms with Gasteiger partial charge in [0.2, 0.25) is 0 Å². The normalized spacial score (nSPS) is 15.9. The number of fused-ring (bicyclic) bond motifs is 1. The monoisotopic (exact) mass is 356 g/mol. The molecule has 132 valence electrons. The van der Waals surface area contributed by atoms with E-state index in [1.165, 1.54) is 18.4 Å². The first-order chi connectivity index (χ1) is 12.2. The van der Waals surface area contributed by atoms with Gasteiger partial charge < -0.3 is 14.3 Å². The Bertz CT molecular complexity index is 862. The SMILES string of the molecule is Cc1ccc2nc(CSc3nnc(CC4CCNCC4)n3C)cn2c1. The Morgan fingerprint density at radius 1 is 1.20 bits per heavy atom. The van der Waals surface area contributed by atoms with Gasteiger partial charge in [-0.15, -0.1) is 10.2 Å². The third kappa shape index (κ3) is 3.72. The summed E-state index contributed by atoms with van der Waals surface area (Å²) in [5, 5.41) is 13.2. The van der Waals surface area contributed by atoms with Crippen LogP contribution in [-0.4, -0.2) is 37.2 Å². The van der Waals surface area contributed by atoms with Crippen LogP contribution in [0, 0.1) is 12.8 Å². The number of hydrogen-bond acceptors (Lipinski definition) is 5. The number of aryl methyl sites for hydroxylation is 1. The van der Waals surface area contributed by atoms with Gasteiger partial charge in [-0.25, -0.2) is 4.98 Å². The summed E-state index contributed by atoms with van der Waals surface area (Å²) >= 11 is 1.70. The Morgan fingerprint density at radius 3 is 2.88 bits per heavy atom. The smallest absolute Gasteiger partial charge is 0.191 e. The van der Waals surface area contributed by atoms with Crippen LogP contribution in [0.25, 0.3) is 5.65 Å². The van der Waals surface area contributed by atoms with E-state index in [0.29, 0.717) is 0 Å². The van der Waals surface area contributed by atoms with Gasteiger partial charge in [0.05, 0.1) is 5.69 Å². The number of hydrogen-bond donors (Lipinski definition) is 1. The molecule has 0 amide bonds. The largest absolute Gasteiger partial charge is 0.317 e. The van der Waals surface area contributed by atoms with Gasteiger partial charge >= 0.3 is 0 Å². The van der Waals surface area contributed by atoms with E-state index in [0.717, 1.165) is 53.5 Å². The summed E-state index contributed by atoms with van der Waals surface area (Å²) in [5.74, 6) is 2.63. The lowest BCUT2D eigenvalue weighted by atomic mass is 9.94. The molecule has 0 aliphatic carbocycles. The first-order valence-electron chi connectivity index (χ1n) is 8.85. The molecule has 3 aromatic rings. The third-order valence-corrected chi connectivity index (χ3v) is 5.91. The number of rotatable bonds is 5. The summed E-state index contributed by atoms with van der Waals surface area (Å²) in [4.78, 5) is 4.68. The maximum atomic E-state index is 4.68. The topological polar surface area (TPSA) is 60.0 Å². The van der Waals surface area contributed by atoms with Gasteiger partial charge in [0, 0.05) is 31.6 Å². The molecule has 0 atom stereocenters. The molecule has 6 nitrogen and oxygen atoms in total.